The number of benzene rings is 2. The van der Waals surface area contributed by atoms with Crippen molar-refractivity contribution in [1.29, 1.82) is 0 Å². The number of carbonyl (C=O) groups excluding carboxylic acids is 2. The van der Waals surface area contributed by atoms with Crippen LogP contribution in [0.2, 0.25) is 0 Å². The van der Waals surface area contributed by atoms with Crippen LogP contribution in [0.3, 0.4) is 0 Å². The van der Waals surface area contributed by atoms with Crippen molar-refractivity contribution < 1.29 is 14.3 Å². The van der Waals surface area contributed by atoms with Crippen LogP contribution in [-0.4, -0.2) is 49.0 Å². The quantitative estimate of drug-likeness (QED) is 0.719. The van der Waals surface area contributed by atoms with Crippen molar-refractivity contribution in [3.63, 3.8) is 0 Å². The minimum Gasteiger partial charge on any atom is -0.484 e. The molecule has 1 fully saturated rings. The second-order valence-corrected chi connectivity index (χ2v) is 7.49. The molecule has 2 amide bonds. The highest BCUT2D eigenvalue weighted by Gasteiger charge is 2.20. The van der Waals surface area contributed by atoms with E-state index in [-0.39, 0.29) is 31.0 Å². The van der Waals surface area contributed by atoms with Gasteiger partial charge in [0, 0.05) is 25.7 Å². The van der Waals surface area contributed by atoms with Crippen LogP contribution >= 0.6 is 0 Å². The predicted molar refractivity (Wildman–Crippen MR) is 113 cm³/mol. The zero-order valence-electron chi connectivity index (χ0n) is 16.9. The molecule has 1 aliphatic heterocycles. The van der Waals surface area contributed by atoms with E-state index in [1.165, 1.54) is 11.1 Å². The van der Waals surface area contributed by atoms with Gasteiger partial charge in [0.2, 0.25) is 5.91 Å². The Morgan fingerprint density at radius 3 is 2.52 bits per heavy atom. The fourth-order valence-corrected chi connectivity index (χ4v) is 3.48. The Morgan fingerprint density at radius 2 is 1.79 bits per heavy atom. The number of hydrogen-bond acceptors (Lipinski definition) is 4. The van der Waals surface area contributed by atoms with Crippen LogP contribution in [-0.2, 0) is 16.1 Å². The summed E-state index contributed by atoms with van der Waals surface area (Å²) in [5, 5.41) is 5.62. The molecule has 0 unspecified atom stereocenters. The highest BCUT2D eigenvalue weighted by Crippen LogP contribution is 2.14. The third-order valence-electron chi connectivity index (χ3n) is 5.00. The minimum absolute atomic E-state index is 0.0273. The number of likely N-dealkylation sites (tertiary alicyclic amines) is 1. The van der Waals surface area contributed by atoms with Gasteiger partial charge < -0.3 is 15.4 Å². The first-order valence-electron chi connectivity index (χ1n) is 10.1. The Kier molecular flexibility index (Phi) is 7.64. The SMILES string of the molecule is Cc1cccc(CN2CCC(NC(=O)CNC(=O)COc3ccccc3)CC2)c1. The first-order valence-corrected chi connectivity index (χ1v) is 10.1. The predicted octanol–water partition coefficient (Wildman–Crippen LogP) is 2.27. The molecule has 6 heteroatoms. The van der Waals surface area contributed by atoms with E-state index in [1.807, 2.05) is 18.2 Å². The molecule has 2 aromatic carbocycles. The van der Waals surface area contributed by atoms with Crippen molar-refractivity contribution >= 4 is 11.8 Å². The molecule has 0 atom stereocenters. The van der Waals surface area contributed by atoms with Gasteiger partial charge in [-0.15, -0.1) is 0 Å². The monoisotopic (exact) mass is 395 g/mol. The second-order valence-electron chi connectivity index (χ2n) is 7.49. The fourth-order valence-electron chi connectivity index (χ4n) is 3.48. The maximum atomic E-state index is 12.1. The third kappa shape index (κ3) is 7.23. The smallest absolute Gasteiger partial charge is 0.258 e. The number of para-hydroxylation sites is 1. The standard InChI is InChI=1S/C23H29N3O3/c1-18-6-5-7-19(14-18)16-26-12-10-20(11-13-26)25-22(27)15-24-23(28)17-29-21-8-3-2-4-9-21/h2-9,14,20H,10-13,15-17H2,1H3,(H,24,28)(H,25,27). The van der Waals surface area contributed by atoms with Crippen LogP contribution in [0.1, 0.15) is 24.0 Å². The fraction of sp³-hybridized carbons (Fsp3) is 0.391. The van der Waals surface area contributed by atoms with E-state index in [0.29, 0.717) is 5.75 Å². The number of ether oxygens (including phenoxy) is 1. The van der Waals surface area contributed by atoms with Crippen LogP contribution < -0.4 is 15.4 Å². The molecule has 2 aromatic rings. The van der Waals surface area contributed by atoms with Crippen LogP contribution in [0.4, 0.5) is 0 Å². The molecule has 3 rings (SSSR count). The van der Waals surface area contributed by atoms with E-state index in [9.17, 15) is 9.59 Å². The van der Waals surface area contributed by atoms with Gasteiger partial charge in [0.15, 0.2) is 6.61 Å². The zero-order valence-corrected chi connectivity index (χ0v) is 16.9. The molecular formula is C23H29N3O3. The zero-order chi connectivity index (χ0) is 20.5. The average molecular weight is 396 g/mol. The van der Waals surface area contributed by atoms with E-state index < -0.39 is 0 Å². The number of rotatable bonds is 8. The van der Waals surface area contributed by atoms with E-state index in [2.05, 4.69) is 46.7 Å². The topological polar surface area (TPSA) is 70.7 Å². The van der Waals surface area contributed by atoms with Crippen molar-refractivity contribution in [2.75, 3.05) is 26.2 Å². The molecule has 0 radical (unpaired) electrons. The molecule has 0 aliphatic carbocycles. The largest absolute Gasteiger partial charge is 0.484 e. The Labute approximate surface area is 172 Å². The van der Waals surface area contributed by atoms with Gasteiger partial charge in [0.05, 0.1) is 6.54 Å². The Bertz CT molecular complexity index is 802. The number of piperidine rings is 1. The molecule has 6 nitrogen and oxygen atoms in total. The van der Waals surface area contributed by atoms with Gasteiger partial charge >= 0.3 is 0 Å². The highest BCUT2D eigenvalue weighted by molar-refractivity contribution is 5.85. The molecule has 1 heterocycles. The van der Waals surface area contributed by atoms with Crippen molar-refractivity contribution in [3.8, 4) is 5.75 Å². The number of nitrogens with zero attached hydrogens (tertiary/aromatic N) is 1. The molecule has 1 saturated heterocycles. The number of amides is 2. The Hall–Kier alpha value is -2.86. The minimum atomic E-state index is -0.308. The molecule has 0 saturated carbocycles. The van der Waals surface area contributed by atoms with Crippen molar-refractivity contribution in [3.05, 3.63) is 65.7 Å². The summed E-state index contributed by atoms with van der Waals surface area (Å²) in [5.74, 6) is 0.164. The maximum absolute atomic E-state index is 12.1. The van der Waals surface area contributed by atoms with Crippen molar-refractivity contribution in [2.45, 2.75) is 32.4 Å². The molecule has 154 valence electrons. The Balaban J connectivity index is 1.30. The van der Waals surface area contributed by atoms with Gasteiger partial charge in [-0.3, -0.25) is 14.5 Å². The van der Waals surface area contributed by atoms with Crippen LogP contribution in [0.5, 0.6) is 5.75 Å². The summed E-state index contributed by atoms with van der Waals surface area (Å²) < 4.78 is 5.37. The summed E-state index contributed by atoms with van der Waals surface area (Å²) in [5.41, 5.74) is 2.61. The summed E-state index contributed by atoms with van der Waals surface area (Å²) in [7, 11) is 0. The second kappa shape index (κ2) is 10.6. The van der Waals surface area contributed by atoms with Gasteiger partial charge in [-0.2, -0.15) is 0 Å². The average Bonchev–Trinajstić information content (AvgIpc) is 2.73. The first-order chi connectivity index (χ1) is 14.1. The summed E-state index contributed by atoms with van der Waals surface area (Å²) in [6.07, 6.45) is 1.84. The summed E-state index contributed by atoms with van der Waals surface area (Å²) in [4.78, 5) is 26.4. The molecular weight excluding hydrogens is 366 g/mol. The molecule has 1 aliphatic rings. The van der Waals surface area contributed by atoms with Gasteiger partial charge in [-0.1, -0.05) is 48.0 Å². The van der Waals surface area contributed by atoms with Gasteiger partial charge in [0.25, 0.3) is 5.91 Å². The lowest BCUT2D eigenvalue weighted by Crippen LogP contribution is -2.47. The number of nitrogens with one attached hydrogen (secondary N) is 2. The Morgan fingerprint density at radius 1 is 1.03 bits per heavy atom. The highest BCUT2D eigenvalue weighted by atomic mass is 16.5. The lowest BCUT2D eigenvalue weighted by Gasteiger charge is -2.32. The molecule has 29 heavy (non-hydrogen) atoms. The van der Waals surface area contributed by atoms with Gasteiger partial charge in [0.1, 0.15) is 5.75 Å². The lowest BCUT2D eigenvalue weighted by molar-refractivity contribution is -0.127. The van der Waals surface area contributed by atoms with Crippen LogP contribution in [0.15, 0.2) is 54.6 Å². The summed E-state index contributed by atoms with van der Waals surface area (Å²) >= 11 is 0. The van der Waals surface area contributed by atoms with E-state index in [1.54, 1.807) is 12.1 Å². The summed E-state index contributed by atoms with van der Waals surface area (Å²) in [6, 6.07) is 17.9. The number of aryl methyl sites for hydroxylation is 1. The van der Waals surface area contributed by atoms with Crippen LogP contribution in [0, 0.1) is 6.92 Å². The first kappa shape index (κ1) is 20.9. The third-order valence-corrected chi connectivity index (χ3v) is 5.00. The van der Waals surface area contributed by atoms with Gasteiger partial charge in [-0.05, 0) is 37.5 Å². The molecule has 0 spiro atoms. The van der Waals surface area contributed by atoms with E-state index in [4.69, 9.17) is 4.74 Å². The molecule has 0 bridgehead atoms. The lowest BCUT2D eigenvalue weighted by atomic mass is 10.0. The molecule has 0 aromatic heterocycles. The van der Waals surface area contributed by atoms with Crippen molar-refractivity contribution in [1.82, 2.24) is 15.5 Å². The summed E-state index contributed by atoms with van der Waals surface area (Å²) in [6.45, 7) is 4.83. The number of hydrogen-bond donors (Lipinski definition) is 2. The van der Waals surface area contributed by atoms with E-state index >= 15 is 0 Å². The maximum Gasteiger partial charge on any atom is 0.258 e. The van der Waals surface area contributed by atoms with Gasteiger partial charge in [-0.25, -0.2) is 0 Å². The normalized spacial score (nSPS) is 14.9. The number of carbonyl (C=O) groups is 2. The van der Waals surface area contributed by atoms with Crippen molar-refractivity contribution in [2.24, 2.45) is 0 Å². The van der Waals surface area contributed by atoms with Crippen LogP contribution in [0.25, 0.3) is 0 Å². The van der Waals surface area contributed by atoms with E-state index in [0.717, 1.165) is 32.5 Å². The molecule has 2 N–H and O–H groups in total.